The second-order valence-corrected chi connectivity index (χ2v) is 7.47. The molecule has 0 saturated carbocycles. The van der Waals surface area contributed by atoms with Crippen LogP contribution in [0.25, 0.3) is 0 Å². The molecule has 1 aliphatic heterocycles. The van der Waals surface area contributed by atoms with E-state index in [0.29, 0.717) is 31.6 Å². The van der Waals surface area contributed by atoms with E-state index >= 15 is 0 Å². The maximum atomic E-state index is 12.5. The molecule has 0 aromatic carbocycles. The minimum Gasteiger partial charge on any atom is -0.476 e. The number of ether oxygens (including phenoxy) is 1. The third-order valence-corrected chi connectivity index (χ3v) is 4.20. The van der Waals surface area contributed by atoms with Gasteiger partial charge < -0.3 is 14.9 Å². The normalized spacial score (nSPS) is 17.5. The molecule has 9 nitrogen and oxygen atoms in total. The minimum absolute atomic E-state index is 0.118. The molecule has 1 unspecified atom stereocenters. The Bertz CT molecular complexity index is 638. The van der Waals surface area contributed by atoms with Gasteiger partial charge in [0, 0.05) is 19.7 Å². The number of aliphatic hydroxyl groups is 1. The van der Waals surface area contributed by atoms with Gasteiger partial charge >= 0.3 is 12.1 Å². The summed E-state index contributed by atoms with van der Waals surface area (Å²) >= 11 is 0. The molecule has 1 saturated heterocycles. The number of aromatic carboxylic acids is 1. The molecule has 1 aromatic rings. The lowest BCUT2D eigenvalue weighted by Crippen LogP contribution is -2.37. The first kappa shape index (κ1) is 20.2. The molecule has 0 radical (unpaired) electrons. The van der Waals surface area contributed by atoms with Crippen molar-refractivity contribution < 1.29 is 24.5 Å². The molecule has 0 spiro atoms. The Balaban J connectivity index is 2.24. The van der Waals surface area contributed by atoms with E-state index in [0.717, 1.165) is 19.3 Å². The van der Waals surface area contributed by atoms with E-state index in [4.69, 9.17) is 9.84 Å². The van der Waals surface area contributed by atoms with Crippen LogP contribution in [-0.2, 0) is 11.3 Å². The van der Waals surface area contributed by atoms with E-state index in [-0.39, 0.29) is 12.3 Å². The first-order chi connectivity index (χ1) is 12.2. The van der Waals surface area contributed by atoms with Crippen molar-refractivity contribution in [3.05, 3.63) is 11.4 Å². The zero-order valence-corrected chi connectivity index (χ0v) is 15.6. The van der Waals surface area contributed by atoms with Crippen molar-refractivity contribution in [2.75, 3.05) is 13.2 Å². The van der Waals surface area contributed by atoms with Crippen LogP contribution in [0.5, 0.6) is 0 Å². The number of nitrogens with zero attached hydrogens (tertiary/aromatic N) is 4. The van der Waals surface area contributed by atoms with Gasteiger partial charge in [0.15, 0.2) is 5.69 Å². The summed E-state index contributed by atoms with van der Waals surface area (Å²) in [7, 11) is 0. The number of unbranched alkanes of at least 4 members (excludes halogenated alkanes) is 2. The Morgan fingerprint density at radius 1 is 1.27 bits per heavy atom. The molecule has 1 aliphatic rings. The van der Waals surface area contributed by atoms with Gasteiger partial charge in [-0.15, -0.1) is 5.10 Å². The minimum atomic E-state index is -1.15. The van der Waals surface area contributed by atoms with Gasteiger partial charge in [0.25, 0.3) is 0 Å². The van der Waals surface area contributed by atoms with Gasteiger partial charge in [0.1, 0.15) is 5.60 Å². The van der Waals surface area contributed by atoms with Gasteiger partial charge in [-0.3, -0.25) is 4.90 Å². The van der Waals surface area contributed by atoms with Crippen molar-refractivity contribution in [1.29, 1.82) is 0 Å². The number of likely N-dealkylation sites (tertiary alicyclic amines) is 1. The molecule has 2 N–H and O–H groups in total. The fraction of sp³-hybridized carbons (Fsp3) is 0.765. The molecule has 1 fully saturated rings. The van der Waals surface area contributed by atoms with E-state index in [9.17, 15) is 14.7 Å². The van der Waals surface area contributed by atoms with Crippen LogP contribution in [0.2, 0.25) is 0 Å². The second kappa shape index (κ2) is 8.48. The summed E-state index contributed by atoms with van der Waals surface area (Å²) in [6.07, 6.45) is 3.18. The number of rotatable bonds is 7. The number of carboxylic acids is 1. The van der Waals surface area contributed by atoms with Gasteiger partial charge in [0.05, 0.1) is 11.7 Å². The highest BCUT2D eigenvalue weighted by Crippen LogP contribution is 2.34. The lowest BCUT2D eigenvalue weighted by Gasteiger charge is -2.29. The van der Waals surface area contributed by atoms with Crippen molar-refractivity contribution in [3.8, 4) is 0 Å². The van der Waals surface area contributed by atoms with Crippen molar-refractivity contribution in [2.45, 2.75) is 71.1 Å². The van der Waals surface area contributed by atoms with Crippen molar-refractivity contribution in [3.63, 3.8) is 0 Å². The zero-order chi connectivity index (χ0) is 19.3. The van der Waals surface area contributed by atoms with Crippen LogP contribution in [0.1, 0.15) is 75.1 Å². The molecule has 0 aliphatic carbocycles. The highest BCUT2D eigenvalue weighted by atomic mass is 16.6. The largest absolute Gasteiger partial charge is 0.476 e. The first-order valence-electron chi connectivity index (χ1n) is 9.01. The Hall–Kier alpha value is -2.16. The molecule has 1 atom stereocenters. The number of carbonyl (C=O) groups is 2. The fourth-order valence-electron chi connectivity index (χ4n) is 3.11. The van der Waals surface area contributed by atoms with Crippen molar-refractivity contribution in [1.82, 2.24) is 19.9 Å². The number of aryl methyl sites for hydroxylation is 1. The van der Waals surface area contributed by atoms with Gasteiger partial charge in [0.2, 0.25) is 0 Å². The van der Waals surface area contributed by atoms with Crippen LogP contribution >= 0.6 is 0 Å². The summed E-state index contributed by atoms with van der Waals surface area (Å²) in [5.41, 5.74) is -0.291. The molecule has 1 aromatic heterocycles. The highest BCUT2D eigenvalue weighted by Gasteiger charge is 2.38. The number of hydrogen-bond donors (Lipinski definition) is 2. The summed E-state index contributed by atoms with van der Waals surface area (Å²) in [4.78, 5) is 25.7. The Morgan fingerprint density at radius 2 is 2.00 bits per heavy atom. The maximum absolute atomic E-state index is 12.5. The van der Waals surface area contributed by atoms with E-state index in [2.05, 4.69) is 10.3 Å². The number of carboxylic acid groups (broad SMARTS) is 1. The standard InChI is InChI=1S/C17H28N4O5/c1-17(2,3)26-16(25)20-9-7-8-12(20)14-13(15(23)24)18-19-21(14)10-5-4-6-11-22/h12,22H,4-11H2,1-3H3,(H,23,24). The van der Waals surface area contributed by atoms with Gasteiger partial charge in [-0.25, -0.2) is 14.3 Å². The molecule has 2 heterocycles. The molecule has 26 heavy (non-hydrogen) atoms. The van der Waals surface area contributed by atoms with Crippen molar-refractivity contribution in [2.24, 2.45) is 0 Å². The lowest BCUT2D eigenvalue weighted by molar-refractivity contribution is 0.0215. The lowest BCUT2D eigenvalue weighted by atomic mass is 10.1. The summed E-state index contributed by atoms with van der Waals surface area (Å²) in [5.74, 6) is -1.15. The van der Waals surface area contributed by atoms with E-state index in [1.165, 1.54) is 0 Å². The van der Waals surface area contributed by atoms with Crippen LogP contribution in [0.3, 0.4) is 0 Å². The SMILES string of the molecule is CC(C)(C)OC(=O)N1CCCC1c1c(C(=O)O)nnn1CCCCCO. The predicted octanol–water partition coefficient (Wildman–Crippen LogP) is 2.21. The monoisotopic (exact) mass is 368 g/mol. The van der Waals surface area contributed by atoms with Crippen LogP contribution in [0, 0.1) is 0 Å². The van der Waals surface area contributed by atoms with E-state index in [1.54, 1.807) is 30.4 Å². The molecule has 146 valence electrons. The van der Waals surface area contributed by atoms with Gasteiger partial charge in [-0.2, -0.15) is 0 Å². The summed E-state index contributed by atoms with van der Waals surface area (Å²) in [6, 6.07) is -0.413. The van der Waals surface area contributed by atoms with Gasteiger partial charge in [-0.1, -0.05) is 5.21 Å². The number of amides is 1. The third kappa shape index (κ3) is 4.94. The highest BCUT2D eigenvalue weighted by molar-refractivity contribution is 5.87. The van der Waals surface area contributed by atoms with Crippen LogP contribution < -0.4 is 0 Å². The van der Waals surface area contributed by atoms with Gasteiger partial charge in [-0.05, 0) is 52.9 Å². The average Bonchev–Trinajstić information content (AvgIpc) is 3.16. The van der Waals surface area contributed by atoms with Crippen LogP contribution in [-0.4, -0.2) is 60.9 Å². The third-order valence-electron chi connectivity index (χ3n) is 4.20. The average molecular weight is 368 g/mol. The number of aromatic nitrogens is 3. The smallest absolute Gasteiger partial charge is 0.410 e. The summed E-state index contributed by atoms with van der Waals surface area (Å²) in [5, 5.41) is 26.2. The maximum Gasteiger partial charge on any atom is 0.410 e. The Labute approximate surface area is 152 Å². The molecule has 1 amide bonds. The Morgan fingerprint density at radius 3 is 2.62 bits per heavy atom. The second-order valence-electron chi connectivity index (χ2n) is 7.47. The van der Waals surface area contributed by atoms with Crippen LogP contribution in [0.4, 0.5) is 4.79 Å². The zero-order valence-electron chi connectivity index (χ0n) is 15.6. The fourth-order valence-corrected chi connectivity index (χ4v) is 3.11. The quantitative estimate of drug-likeness (QED) is 0.708. The van der Waals surface area contributed by atoms with Crippen LogP contribution in [0.15, 0.2) is 0 Å². The first-order valence-corrected chi connectivity index (χ1v) is 9.01. The van der Waals surface area contributed by atoms with Crippen molar-refractivity contribution >= 4 is 12.1 Å². The molecular formula is C17H28N4O5. The number of carbonyl (C=O) groups excluding carboxylic acids is 1. The molecular weight excluding hydrogens is 340 g/mol. The predicted molar refractivity (Wildman–Crippen MR) is 92.8 cm³/mol. The summed E-state index contributed by atoms with van der Waals surface area (Å²) in [6.45, 7) is 6.52. The van der Waals surface area contributed by atoms with E-state index in [1.807, 2.05) is 0 Å². The van der Waals surface area contributed by atoms with E-state index < -0.39 is 23.7 Å². The number of aliphatic hydroxyl groups excluding tert-OH is 1. The number of hydrogen-bond acceptors (Lipinski definition) is 6. The molecule has 2 rings (SSSR count). The Kier molecular flexibility index (Phi) is 6.57. The molecule has 0 bridgehead atoms. The topological polar surface area (TPSA) is 118 Å². The molecule has 9 heteroatoms. The summed E-state index contributed by atoms with van der Waals surface area (Å²) < 4.78 is 7.04.